The first-order valence-corrected chi connectivity index (χ1v) is 10.1. The van der Waals surface area contributed by atoms with Crippen molar-refractivity contribution in [3.8, 4) is 5.75 Å². The van der Waals surface area contributed by atoms with Gasteiger partial charge < -0.3 is 25.1 Å². The van der Waals surface area contributed by atoms with E-state index in [4.69, 9.17) is 9.15 Å². The largest absolute Gasteiger partial charge is 0.489 e. The molecule has 1 atom stereocenters. The second kappa shape index (κ2) is 12.7. The number of hydrogen-bond acceptors (Lipinski definition) is 4. The number of hydrogen-bond donors (Lipinski definition) is 3. The highest BCUT2D eigenvalue weighted by Gasteiger charge is 2.09. The number of aryl methyl sites for hydroxylation is 1. The topological polar surface area (TPSA) is 87.9 Å². The zero-order valence-electron chi connectivity index (χ0n) is 18.4. The van der Waals surface area contributed by atoms with Gasteiger partial charge in [-0.05, 0) is 61.4 Å². The first-order valence-electron chi connectivity index (χ1n) is 10.1. The first kappa shape index (κ1) is 25.3. The molecule has 170 valence electrons. The average molecular weight is 548 g/mol. The van der Waals surface area contributed by atoms with E-state index >= 15 is 0 Å². The predicted molar refractivity (Wildman–Crippen MR) is 138 cm³/mol. The fourth-order valence-corrected chi connectivity index (χ4v) is 2.92. The van der Waals surface area contributed by atoms with Crippen molar-refractivity contribution in [1.29, 1.82) is 0 Å². The molecule has 0 saturated carbocycles. The quantitative estimate of drug-likeness (QED) is 0.218. The zero-order valence-corrected chi connectivity index (χ0v) is 20.8. The van der Waals surface area contributed by atoms with Crippen molar-refractivity contribution >= 4 is 41.5 Å². The average Bonchev–Trinajstić information content (AvgIpc) is 3.30. The fraction of sp³-hybridized carbons (Fsp3) is 0.250. The number of benzene rings is 2. The molecule has 8 heteroatoms. The van der Waals surface area contributed by atoms with Crippen molar-refractivity contribution in [3.63, 3.8) is 0 Å². The maximum absolute atomic E-state index is 12.0. The number of carbonyl (C=O) groups excluding carboxylic acids is 1. The van der Waals surface area contributed by atoms with Crippen LogP contribution in [0.4, 0.5) is 5.69 Å². The van der Waals surface area contributed by atoms with E-state index in [1.807, 2.05) is 62.4 Å². The summed E-state index contributed by atoms with van der Waals surface area (Å²) in [7, 11) is 1.73. The highest BCUT2D eigenvalue weighted by molar-refractivity contribution is 14.0. The van der Waals surface area contributed by atoms with E-state index in [-0.39, 0.29) is 41.7 Å². The minimum absolute atomic E-state index is 0. The molecule has 0 aliphatic carbocycles. The van der Waals surface area contributed by atoms with Gasteiger partial charge in [-0.25, -0.2) is 0 Å². The van der Waals surface area contributed by atoms with Crippen LogP contribution in [0, 0.1) is 6.92 Å². The van der Waals surface area contributed by atoms with Gasteiger partial charge >= 0.3 is 0 Å². The van der Waals surface area contributed by atoms with Crippen LogP contribution in [0.2, 0.25) is 0 Å². The standard InChI is InChI=1S/C24H28N4O3.HI/c1-17-6-4-7-21(14-17)31-18(2)15-26-24(25-3)27-16-19-9-11-20(12-10-19)28-23(29)22-8-5-13-30-22;/h4-14,18H,15-16H2,1-3H3,(H,28,29)(H2,25,26,27);1H. The molecule has 0 spiro atoms. The molecule has 1 heterocycles. The predicted octanol–water partition coefficient (Wildman–Crippen LogP) is 4.59. The zero-order chi connectivity index (χ0) is 22.1. The van der Waals surface area contributed by atoms with Gasteiger partial charge in [0.05, 0.1) is 12.8 Å². The van der Waals surface area contributed by atoms with E-state index in [1.54, 1.807) is 19.2 Å². The molecular formula is C24H29IN4O3. The maximum atomic E-state index is 12.0. The Kier molecular flexibility index (Phi) is 10.1. The Morgan fingerprint density at radius 1 is 1.09 bits per heavy atom. The van der Waals surface area contributed by atoms with Crippen LogP contribution >= 0.6 is 24.0 Å². The van der Waals surface area contributed by atoms with Crippen LogP contribution in [-0.2, 0) is 6.54 Å². The number of anilines is 1. The molecule has 7 nitrogen and oxygen atoms in total. The highest BCUT2D eigenvalue weighted by Crippen LogP contribution is 2.14. The van der Waals surface area contributed by atoms with Gasteiger partial charge in [-0.1, -0.05) is 24.3 Å². The first-order chi connectivity index (χ1) is 15.0. The summed E-state index contributed by atoms with van der Waals surface area (Å²) in [6, 6.07) is 18.9. The van der Waals surface area contributed by atoms with Gasteiger partial charge in [0, 0.05) is 19.3 Å². The highest BCUT2D eigenvalue weighted by atomic mass is 127. The number of guanidine groups is 1. The normalized spacial score (nSPS) is 11.8. The summed E-state index contributed by atoms with van der Waals surface area (Å²) in [4.78, 5) is 16.3. The molecule has 0 saturated heterocycles. The van der Waals surface area contributed by atoms with Gasteiger partial charge in [0.1, 0.15) is 11.9 Å². The summed E-state index contributed by atoms with van der Waals surface area (Å²) in [5.41, 5.74) is 2.93. The van der Waals surface area contributed by atoms with E-state index in [9.17, 15) is 4.79 Å². The number of aliphatic imine (C=N–C) groups is 1. The lowest BCUT2D eigenvalue weighted by Crippen LogP contribution is -2.41. The molecule has 1 aromatic heterocycles. The van der Waals surface area contributed by atoms with Crippen LogP contribution < -0.4 is 20.7 Å². The minimum Gasteiger partial charge on any atom is -0.489 e. The smallest absolute Gasteiger partial charge is 0.291 e. The lowest BCUT2D eigenvalue weighted by atomic mass is 10.2. The molecule has 3 rings (SSSR count). The van der Waals surface area contributed by atoms with E-state index in [2.05, 4.69) is 20.9 Å². The molecule has 0 bridgehead atoms. The number of halogens is 1. The lowest BCUT2D eigenvalue weighted by molar-refractivity contribution is 0.0996. The molecule has 0 aliphatic rings. The molecule has 0 fully saturated rings. The van der Waals surface area contributed by atoms with Crippen LogP contribution in [-0.4, -0.2) is 31.6 Å². The number of ether oxygens (including phenoxy) is 1. The van der Waals surface area contributed by atoms with E-state index in [0.717, 1.165) is 11.3 Å². The third-order valence-corrected chi connectivity index (χ3v) is 4.52. The van der Waals surface area contributed by atoms with Gasteiger partial charge in [-0.15, -0.1) is 24.0 Å². The van der Waals surface area contributed by atoms with Gasteiger partial charge in [0.2, 0.25) is 0 Å². The number of nitrogens with zero attached hydrogens (tertiary/aromatic N) is 1. The van der Waals surface area contributed by atoms with Crippen molar-refractivity contribution in [2.75, 3.05) is 18.9 Å². The Morgan fingerprint density at radius 2 is 1.88 bits per heavy atom. The molecule has 2 aromatic carbocycles. The Bertz CT molecular complexity index is 1000. The van der Waals surface area contributed by atoms with E-state index in [1.165, 1.54) is 11.8 Å². The second-order valence-electron chi connectivity index (χ2n) is 7.18. The van der Waals surface area contributed by atoms with Gasteiger partial charge in [0.25, 0.3) is 5.91 Å². The van der Waals surface area contributed by atoms with Crippen LogP contribution in [0.15, 0.2) is 76.3 Å². The number of rotatable bonds is 8. The monoisotopic (exact) mass is 548 g/mol. The summed E-state index contributed by atoms with van der Waals surface area (Å²) >= 11 is 0. The Balaban J connectivity index is 0.00000363. The molecule has 32 heavy (non-hydrogen) atoms. The Morgan fingerprint density at radius 3 is 2.53 bits per heavy atom. The minimum atomic E-state index is -0.275. The Hall–Kier alpha value is -3.01. The fourth-order valence-electron chi connectivity index (χ4n) is 2.92. The third-order valence-electron chi connectivity index (χ3n) is 4.52. The molecule has 1 amide bonds. The summed E-state index contributed by atoms with van der Waals surface area (Å²) in [6.07, 6.45) is 1.46. The molecule has 1 unspecified atom stereocenters. The third kappa shape index (κ3) is 7.92. The SMILES string of the molecule is CN=C(NCc1ccc(NC(=O)c2ccco2)cc1)NCC(C)Oc1cccc(C)c1.I. The Labute approximate surface area is 205 Å². The summed E-state index contributed by atoms with van der Waals surface area (Å²) in [5, 5.41) is 9.35. The summed E-state index contributed by atoms with van der Waals surface area (Å²) in [5.74, 6) is 1.55. The second-order valence-corrected chi connectivity index (χ2v) is 7.18. The van der Waals surface area contributed by atoms with E-state index in [0.29, 0.717) is 24.7 Å². The van der Waals surface area contributed by atoms with Crippen LogP contribution in [0.5, 0.6) is 5.75 Å². The number of carbonyl (C=O) groups is 1. The molecule has 3 aromatic rings. The molecule has 3 N–H and O–H groups in total. The van der Waals surface area contributed by atoms with Crippen LogP contribution in [0.3, 0.4) is 0 Å². The number of nitrogens with one attached hydrogen (secondary N) is 3. The summed E-state index contributed by atoms with van der Waals surface area (Å²) < 4.78 is 11.0. The molecule has 0 radical (unpaired) electrons. The van der Waals surface area contributed by atoms with Crippen molar-refractivity contribution in [1.82, 2.24) is 10.6 Å². The number of furan rings is 1. The van der Waals surface area contributed by atoms with E-state index < -0.39 is 0 Å². The molecular weight excluding hydrogens is 519 g/mol. The van der Waals surface area contributed by atoms with Crippen molar-refractivity contribution in [3.05, 3.63) is 83.8 Å². The van der Waals surface area contributed by atoms with Crippen molar-refractivity contribution in [2.45, 2.75) is 26.5 Å². The van der Waals surface area contributed by atoms with Crippen molar-refractivity contribution in [2.24, 2.45) is 4.99 Å². The molecule has 0 aliphatic heterocycles. The van der Waals surface area contributed by atoms with Crippen LogP contribution in [0.1, 0.15) is 28.6 Å². The lowest BCUT2D eigenvalue weighted by Gasteiger charge is -2.18. The van der Waals surface area contributed by atoms with Gasteiger partial charge in [-0.3, -0.25) is 9.79 Å². The summed E-state index contributed by atoms with van der Waals surface area (Å²) in [6.45, 7) is 5.27. The van der Waals surface area contributed by atoms with Crippen LogP contribution in [0.25, 0.3) is 0 Å². The van der Waals surface area contributed by atoms with Gasteiger partial charge in [-0.2, -0.15) is 0 Å². The van der Waals surface area contributed by atoms with Gasteiger partial charge in [0.15, 0.2) is 11.7 Å². The number of amides is 1. The van der Waals surface area contributed by atoms with Crippen molar-refractivity contribution < 1.29 is 13.9 Å². The maximum Gasteiger partial charge on any atom is 0.291 e.